The van der Waals surface area contributed by atoms with Crippen LogP contribution in [0.4, 0.5) is 18.9 Å². The number of thioether (sulfide) groups is 1. The lowest BCUT2D eigenvalue weighted by molar-refractivity contribution is -0.136. The molecular weight excluding hydrogens is 378 g/mol. The van der Waals surface area contributed by atoms with E-state index in [2.05, 4.69) is 0 Å². The number of halogens is 3. The van der Waals surface area contributed by atoms with E-state index in [1.165, 1.54) is 19.1 Å². The number of hydrogen-bond acceptors (Lipinski definition) is 5. The number of rotatable bonds is 4. The molecule has 1 aromatic carbocycles. The Labute approximate surface area is 161 Å². The summed E-state index contributed by atoms with van der Waals surface area (Å²) in [6.45, 7) is 9.05. The molecule has 27 heavy (non-hydrogen) atoms. The van der Waals surface area contributed by atoms with E-state index in [4.69, 9.17) is 15.0 Å². The van der Waals surface area contributed by atoms with Crippen LogP contribution in [0.15, 0.2) is 23.7 Å². The van der Waals surface area contributed by atoms with Gasteiger partial charge < -0.3 is 15.0 Å². The van der Waals surface area contributed by atoms with Gasteiger partial charge in [-0.2, -0.15) is 13.2 Å². The maximum Gasteiger partial charge on any atom is 0.491 e. The number of alkyl halides is 3. The minimum atomic E-state index is -4.51. The molecular formula is C18H23BF3NO3S. The van der Waals surface area contributed by atoms with E-state index >= 15 is 0 Å². The van der Waals surface area contributed by atoms with Crippen LogP contribution in [-0.4, -0.2) is 29.2 Å². The topological polar surface area (TPSA) is 61.6 Å². The molecule has 9 heteroatoms. The summed E-state index contributed by atoms with van der Waals surface area (Å²) in [5, 5.41) is -0.0793. The minimum absolute atomic E-state index is 0.0793. The van der Waals surface area contributed by atoms with Gasteiger partial charge in [0.1, 0.15) is 0 Å². The quantitative estimate of drug-likeness (QED) is 0.591. The smallest absolute Gasteiger partial charge is 0.400 e. The van der Waals surface area contributed by atoms with Gasteiger partial charge in [0.15, 0.2) is 5.12 Å². The van der Waals surface area contributed by atoms with E-state index in [0.717, 1.165) is 17.8 Å². The molecule has 0 aliphatic carbocycles. The number of benzene rings is 1. The zero-order valence-corrected chi connectivity index (χ0v) is 16.8. The summed E-state index contributed by atoms with van der Waals surface area (Å²) in [5.74, 6) is 0.299. The van der Waals surface area contributed by atoms with Crippen LogP contribution in [0.1, 0.15) is 45.7 Å². The standard InChI is InChI=1S/C18H23BF3NO3S/c1-11(24)27-10-13(19-25-16(2,3)17(4,5)26-19)8-12-6-7-14(15(23)9-12)18(20,21)22/h6-9H,10,23H2,1-5H3. The normalized spacial score (nSPS) is 19.4. The van der Waals surface area contributed by atoms with Crippen molar-refractivity contribution in [2.24, 2.45) is 0 Å². The molecule has 0 bridgehead atoms. The van der Waals surface area contributed by atoms with Gasteiger partial charge in [-0.25, -0.2) is 0 Å². The van der Waals surface area contributed by atoms with Crippen LogP contribution in [0, 0.1) is 0 Å². The molecule has 2 rings (SSSR count). The number of carbonyl (C=O) groups excluding carboxylic acids is 1. The molecule has 1 aliphatic rings. The van der Waals surface area contributed by atoms with Gasteiger partial charge >= 0.3 is 13.3 Å². The van der Waals surface area contributed by atoms with Crippen molar-refractivity contribution in [3.63, 3.8) is 0 Å². The molecule has 0 amide bonds. The summed E-state index contributed by atoms with van der Waals surface area (Å²) in [4.78, 5) is 11.4. The monoisotopic (exact) mass is 401 g/mol. The third-order valence-electron chi connectivity index (χ3n) is 4.73. The third-order valence-corrected chi connectivity index (χ3v) is 5.62. The SMILES string of the molecule is CC(=O)SCC(=Cc1ccc(C(F)(F)F)c(N)c1)B1OC(C)(C)C(C)(C)O1. The number of hydrogen-bond donors (Lipinski definition) is 1. The number of carbonyl (C=O) groups is 1. The van der Waals surface area contributed by atoms with Crippen LogP contribution in [0.25, 0.3) is 6.08 Å². The Kier molecular flexibility index (Phi) is 6.09. The molecule has 1 saturated heterocycles. The fourth-order valence-corrected chi connectivity index (χ4v) is 3.09. The summed E-state index contributed by atoms with van der Waals surface area (Å²) in [7, 11) is -0.703. The van der Waals surface area contributed by atoms with E-state index in [9.17, 15) is 18.0 Å². The molecule has 0 aromatic heterocycles. The molecule has 0 spiro atoms. The minimum Gasteiger partial charge on any atom is -0.400 e. The van der Waals surface area contributed by atoms with Crippen molar-refractivity contribution in [2.75, 3.05) is 11.5 Å². The molecule has 1 aromatic rings. The van der Waals surface area contributed by atoms with Crippen molar-refractivity contribution < 1.29 is 27.3 Å². The molecule has 4 nitrogen and oxygen atoms in total. The number of anilines is 1. The highest BCUT2D eigenvalue weighted by atomic mass is 32.2. The van der Waals surface area contributed by atoms with Crippen molar-refractivity contribution >= 4 is 35.8 Å². The Bertz CT molecular complexity index is 747. The van der Waals surface area contributed by atoms with Gasteiger partial charge in [0.05, 0.1) is 16.8 Å². The van der Waals surface area contributed by atoms with Gasteiger partial charge in [0.25, 0.3) is 0 Å². The van der Waals surface area contributed by atoms with Gasteiger partial charge in [-0.15, -0.1) is 0 Å². The Hall–Kier alpha value is -1.45. The summed E-state index contributed by atoms with van der Waals surface area (Å²) < 4.78 is 50.7. The predicted octanol–water partition coefficient (Wildman–Crippen LogP) is 4.58. The maximum absolute atomic E-state index is 12.9. The second-order valence-corrected chi connectivity index (χ2v) is 8.58. The van der Waals surface area contributed by atoms with Crippen molar-refractivity contribution in [1.82, 2.24) is 0 Å². The highest BCUT2D eigenvalue weighted by molar-refractivity contribution is 8.13. The van der Waals surface area contributed by atoms with Gasteiger partial charge in [-0.05, 0) is 50.9 Å². The summed E-state index contributed by atoms with van der Waals surface area (Å²) in [5.41, 5.74) is 4.32. The first kappa shape index (κ1) is 21.9. The zero-order chi connectivity index (χ0) is 20.6. The Morgan fingerprint density at radius 3 is 2.22 bits per heavy atom. The largest absolute Gasteiger partial charge is 0.491 e. The van der Waals surface area contributed by atoms with Gasteiger partial charge in [0, 0.05) is 18.4 Å². The van der Waals surface area contributed by atoms with Crippen molar-refractivity contribution in [1.29, 1.82) is 0 Å². The fourth-order valence-electron chi connectivity index (χ4n) is 2.50. The Balaban J connectivity index is 2.37. The Morgan fingerprint density at radius 1 is 1.22 bits per heavy atom. The molecule has 0 unspecified atom stereocenters. The van der Waals surface area contributed by atoms with Crippen LogP contribution < -0.4 is 5.73 Å². The third kappa shape index (κ3) is 5.09. The average Bonchev–Trinajstić information content (AvgIpc) is 2.70. The summed E-state index contributed by atoms with van der Waals surface area (Å²) in [6, 6.07) is 3.54. The first-order valence-electron chi connectivity index (χ1n) is 8.39. The maximum atomic E-state index is 12.9. The highest BCUT2D eigenvalue weighted by Crippen LogP contribution is 2.40. The average molecular weight is 401 g/mol. The van der Waals surface area contributed by atoms with Crippen molar-refractivity contribution in [3.8, 4) is 0 Å². The van der Waals surface area contributed by atoms with Crippen molar-refractivity contribution in [3.05, 3.63) is 34.8 Å². The van der Waals surface area contributed by atoms with Crippen molar-refractivity contribution in [2.45, 2.75) is 52.0 Å². The van der Waals surface area contributed by atoms with E-state index in [1.54, 1.807) is 6.08 Å². The lowest BCUT2D eigenvalue weighted by Gasteiger charge is -2.32. The molecule has 1 fully saturated rings. The highest BCUT2D eigenvalue weighted by Gasteiger charge is 2.52. The predicted molar refractivity (Wildman–Crippen MR) is 103 cm³/mol. The molecule has 1 heterocycles. The fraction of sp³-hybridized carbons (Fsp3) is 0.500. The van der Waals surface area contributed by atoms with E-state index < -0.39 is 30.1 Å². The molecule has 148 valence electrons. The lowest BCUT2D eigenvalue weighted by atomic mass is 9.78. The first-order valence-corrected chi connectivity index (χ1v) is 9.38. The van der Waals surface area contributed by atoms with Gasteiger partial charge in [-0.3, -0.25) is 4.79 Å². The van der Waals surface area contributed by atoms with Crippen LogP contribution >= 0.6 is 11.8 Å². The summed E-state index contributed by atoms with van der Waals surface area (Å²) >= 11 is 1.08. The molecule has 1 aliphatic heterocycles. The van der Waals surface area contributed by atoms with E-state index in [0.29, 0.717) is 16.8 Å². The molecule has 0 atom stereocenters. The molecule has 0 saturated carbocycles. The summed E-state index contributed by atoms with van der Waals surface area (Å²) in [6.07, 6.45) is -2.85. The lowest BCUT2D eigenvalue weighted by Crippen LogP contribution is -2.41. The number of nitrogen functional groups attached to an aromatic ring is 1. The van der Waals surface area contributed by atoms with Gasteiger partial charge in [0.2, 0.25) is 0 Å². The van der Waals surface area contributed by atoms with Crippen LogP contribution in [0.3, 0.4) is 0 Å². The van der Waals surface area contributed by atoms with Crippen LogP contribution in [0.2, 0.25) is 0 Å². The van der Waals surface area contributed by atoms with Gasteiger partial charge in [-0.1, -0.05) is 23.9 Å². The second-order valence-electron chi connectivity index (χ2n) is 7.43. The van der Waals surface area contributed by atoms with Crippen LogP contribution in [0.5, 0.6) is 0 Å². The first-order chi connectivity index (χ1) is 12.2. The molecule has 0 radical (unpaired) electrons. The Morgan fingerprint density at radius 2 is 1.78 bits per heavy atom. The van der Waals surface area contributed by atoms with E-state index in [1.807, 2.05) is 27.7 Å². The molecule has 2 N–H and O–H groups in total. The number of nitrogens with two attached hydrogens (primary N) is 1. The van der Waals surface area contributed by atoms with Crippen LogP contribution in [-0.2, 0) is 20.3 Å². The zero-order valence-electron chi connectivity index (χ0n) is 15.9. The van der Waals surface area contributed by atoms with E-state index in [-0.39, 0.29) is 10.8 Å². The second kappa shape index (κ2) is 7.52.